The average Bonchev–Trinajstić information content (AvgIpc) is 3.62. The number of anilines is 1. The van der Waals surface area contributed by atoms with Gasteiger partial charge >= 0.3 is 5.97 Å². The highest BCUT2D eigenvalue weighted by atomic mass is 16.5. The molecule has 0 unspecified atom stereocenters. The van der Waals surface area contributed by atoms with Gasteiger partial charge in [-0.3, -0.25) is 9.59 Å². The van der Waals surface area contributed by atoms with Gasteiger partial charge in [0, 0.05) is 30.3 Å². The second-order valence-electron chi connectivity index (χ2n) is 8.65. The number of rotatable bonds is 7. The summed E-state index contributed by atoms with van der Waals surface area (Å²) >= 11 is 0. The first kappa shape index (κ1) is 22.5. The molecule has 1 aliphatic heterocycles. The minimum Gasteiger partial charge on any atom is -0.463 e. The number of furan rings is 1. The van der Waals surface area contributed by atoms with Crippen LogP contribution in [0.5, 0.6) is 0 Å². The Hall–Kier alpha value is -4.27. The lowest BCUT2D eigenvalue weighted by Crippen LogP contribution is -2.23. The molecule has 5 rings (SSSR count). The molecule has 9 heteroatoms. The number of fused-ring (bicyclic) bond motifs is 1. The van der Waals surface area contributed by atoms with Gasteiger partial charge in [0.25, 0.3) is 0 Å². The summed E-state index contributed by atoms with van der Waals surface area (Å²) in [4.78, 5) is 44.0. The number of esters is 1. The minimum atomic E-state index is -0.652. The fourth-order valence-electron chi connectivity index (χ4n) is 4.16. The molecule has 1 aliphatic rings. The molecule has 9 nitrogen and oxygen atoms in total. The predicted molar refractivity (Wildman–Crippen MR) is 128 cm³/mol. The molecule has 35 heavy (non-hydrogen) atoms. The Morgan fingerprint density at radius 1 is 1.17 bits per heavy atom. The summed E-state index contributed by atoms with van der Waals surface area (Å²) in [6.07, 6.45) is 4.47. The summed E-state index contributed by atoms with van der Waals surface area (Å²) in [6.45, 7) is 4.20. The lowest BCUT2D eigenvalue weighted by molar-refractivity contribution is -0.117. The molecule has 3 aromatic heterocycles. The molecule has 1 saturated heterocycles. The van der Waals surface area contributed by atoms with Gasteiger partial charge in [-0.05, 0) is 62.7 Å². The average molecular weight is 473 g/mol. The van der Waals surface area contributed by atoms with Crippen LogP contribution < -0.4 is 4.90 Å². The van der Waals surface area contributed by atoms with Gasteiger partial charge in [0.1, 0.15) is 5.69 Å². The number of carbonyl (C=O) groups excluding carboxylic acids is 3. The van der Waals surface area contributed by atoms with Crippen molar-refractivity contribution in [3.05, 3.63) is 66.1 Å². The zero-order chi connectivity index (χ0) is 24.5. The lowest BCUT2D eigenvalue weighted by Gasteiger charge is -2.15. The van der Waals surface area contributed by atoms with Crippen LogP contribution in [0, 0.1) is 0 Å². The SMILES string of the molecule is CC(C)n1ncc2c(C(=O)OCC(=O)c3ccc(N4CCCC4=O)cc3)cc(-c3ccco3)nc21. The molecule has 178 valence electrons. The normalized spacial score (nSPS) is 13.7. The van der Waals surface area contributed by atoms with E-state index in [0.29, 0.717) is 41.0 Å². The summed E-state index contributed by atoms with van der Waals surface area (Å²) in [5, 5.41) is 4.90. The van der Waals surface area contributed by atoms with Gasteiger partial charge in [-0.2, -0.15) is 5.10 Å². The summed E-state index contributed by atoms with van der Waals surface area (Å²) < 4.78 is 12.6. The predicted octanol–water partition coefficient (Wildman–Crippen LogP) is 4.44. The van der Waals surface area contributed by atoms with E-state index in [1.165, 1.54) is 6.26 Å². The van der Waals surface area contributed by atoms with Gasteiger partial charge in [0.05, 0.1) is 23.4 Å². The van der Waals surface area contributed by atoms with E-state index in [4.69, 9.17) is 9.15 Å². The number of ketones is 1. The quantitative estimate of drug-likeness (QED) is 0.289. The van der Waals surface area contributed by atoms with E-state index in [1.54, 1.807) is 58.2 Å². The summed E-state index contributed by atoms with van der Waals surface area (Å²) in [5.41, 5.74) is 2.41. The largest absolute Gasteiger partial charge is 0.463 e. The Morgan fingerprint density at radius 2 is 1.97 bits per heavy atom. The van der Waals surface area contributed by atoms with Gasteiger partial charge in [-0.25, -0.2) is 14.5 Å². The van der Waals surface area contributed by atoms with Crippen LogP contribution in [0.2, 0.25) is 0 Å². The number of amides is 1. The Morgan fingerprint density at radius 3 is 2.63 bits per heavy atom. The fraction of sp³-hybridized carbons (Fsp3) is 0.269. The summed E-state index contributed by atoms with van der Waals surface area (Å²) in [7, 11) is 0. The van der Waals surface area contributed by atoms with Crippen LogP contribution in [-0.2, 0) is 9.53 Å². The molecule has 0 atom stereocenters. The van der Waals surface area contributed by atoms with Gasteiger partial charge in [-0.1, -0.05) is 0 Å². The second-order valence-corrected chi connectivity index (χ2v) is 8.65. The van der Waals surface area contributed by atoms with Crippen LogP contribution in [0.3, 0.4) is 0 Å². The number of ether oxygens (including phenoxy) is 1. The highest BCUT2D eigenvalue weighted by Gasteiger charge is 2.23. The number of Topliss-reactive ketones (excluding diaryl/α,β-unsaturated/α-hetero) is 1. The van der Waals surface area contributed by atoms with E-state index >= 15 is 0 Å². The summed E-state index contributed by atoms with van der Waals surface area (Å²) in [6, 6.07) is 11.9. The minimum absolute atomic E-state index is 0.0242. The molecular weight excluding hydrogens is 448 g/mol. The van der Waals surface area contributed by atoms with Crippen molar-refractivity contribution in [1.82, 2.24) is 14.8 Å². The molecule has 1 amide bonds. The first-order valence-corrected chi connectivity index (χ1v) is 11.5. The van der Waals surface area contributed by atoms with E-state index in [0.717, 1.165) is 12.1 Å². The second kappa shape index (κ2) is 9.17. The Labute approximate surface area is 201 Å². The van der Waals surface area contributed by atoms with E-state index in [2.05, 4.69) is 10.1 Å². The maximum absolute atomic E-state index is 13.0. The maximum atomic E-state index is 13.0. The van der Waals surface area contributed by atoms with Gasteiger partial charge in [0.2, 0.25) is 5.91 Å². The lowest BCUT2D eigenvalue weighted by atomic mass is 10.1. The number of carbonyl (C=O) groups is 3. The van der Waals surface area contributed by atoms with Crippen molar-refractivity contribution in [2.24, 2.45) is 0 Å². The van der Waals surface area contributed by atoms with Crippen molar-refractivity contribution in [3.8, 4) is 11.5 Å². The van der Waals surface area contributed by atoms with Crippen LogP contribution in [0.4, 0.5) is 5.69 Å². The summed E-state index contributed by atoms with van der Waals surface area (Å²) in [5.74, 6) is -0.408. The van der Waals surface area contributed by atoms with E-state index in [1.807, 2.05) is 13.8 Å². The van der Waals surface area contributed by atoms with Gasteiger partial charge in [0.15, 0.2) is 23.8 Å². The monoisotopic (exact) mass is 472 g/mol. The van der Waals surface area contributed by atoms with Gasteiger partial charge in [-0.15, -0.1) is 0 Å². The molecule has 0 N–H and O–H groups in total. The zero-order valence-electron chi connectivity index (χ0n) is 19.4. The van der Waals surface area contributed by atoms with Crippen LogP contribution in [0.1, 0.15) is 53.4 Å². The third-order valence-corrected chi connectivity index (χ3v) is 5.96. The number of pyridine rings is 1. The molecule has 4 aromatic rings. The number of hydrogen-bond acceptors (Lipinski definition) is 7. The van der Waals surface area contributed by atoms with Crippen molar-refractivity contribution in [2.45, 2.75) is 32.7 Å². The number of benzene rings is 1. The number of hydrogen-bond donors (Lipinski definition) is 0. The van der Waals surface area contributed by atoms with Crippen molar-refractivity contribution >= 4 is 34.4 Å². The molecule has 1 fully saturated rings. The van der Waals surface area contributed by atoms with Crippen LogP contribution in [-0.4, -0.2) is 45.6 Å². The van der Waals surface area contributed by atoms with E-state index in [9.17, 15) is 14.4 Å². The van der Waals surface area contributed by atoms with Crippen molar-refractivity contribution in [3.63, 3.8) is 0 Å². The van der Waals surface area contributed by atoms with Crippen molar-refractivity contribution in [2.75, 3.05) is 18.1 Å². The fourth-order valence-corrected chi connectivity index (χ4v) is 4.16. The maximum Gasteiger partial charge on any atom is 0.339 e. The highest BCUT2D eigenvalue weighted by molar-refractivity contribution is 6.05. The molecule has 0 bridgehead atoms. The van der Waals surface area contributed by atoms with Gasteiger partial charge < -0.3 is 14.1 Å². The molecule has 0 saturated carbocycles. The van der Waals surface area contributed by atoms with Crippen molar-refractivity contribution < 1.29 is 23.5 Å². The number of nitrogens with zero attached hydrogens (tertiary/aromatic N) is 4. The Balaban J connectivity index is 1.36. The van der Waals surface area contributed by atoms with E-state index in [-0.39, 0.29) is 23.3 Å². The molecule has 4 heterocycles. The third kappa shape index (κ3) is 4.32. The first-order chi connectivity index (χ1) is 16.9. The highest BCUT2D eigenvalue weighted by Crippen LogP contribution is 2.27. The molecule has 0 radical (unpaired) electrons. The smallest absolute Gasteiger partial charge is 0.339 e. The van der Waals surface area contributed by atoms with Crippen LogP contribution >= 0.6 is 0 Å². The van der Waals surface area contributed by atoms with Crippen LogP contribution in [0.25, 0.3) is 22.5 Å². The standard InChI is InChI=1S/C26H24N4O5/c1-16(2)30-25-20(14-27-30)19(13-21(28-25)23-5-4-12-34-23)26(33)35-15-22(31)17-7-9-18(10-8-17)29-11-3-6-24(29)32/h4-5,7-10,12-14,16H,3,6,11,15H2,1-2H3. The molecule has 0 spiro atoms. The molecule has 0 aliphatic carbocycles. The first-order valence-electron chi connectivity index (χ1n) is 11.5. The van der Waals surface area contributed by atoms with Crippen molar-refractivity contribution in [1.29, 1.82) is 0 Å². The Bertz CT molecular complexity index is 1400. The van der Waals surface area contributed by atoms with Crippen LogP contribution in [0.15, 0.2) is 59.3 Å². The number of aromatic nitrogens is 3. The Kier molecular flexibility index (Phi) is 5.90. The zero-order valence-corrected chi connectivity index (χ0v) is 19.4. The van der Waals surface area contributed by atoms with E-state index < -0.39 is 12.6 Å². The molecular formula is C26H24N4O5. The molecule has 1 aromatic carbocycles. The topological polar surface area (TPSA) is 108 Å². The third-order valence-electron chi connectivity index (χ3n) is 5.96.